The van der Waals surface area contributed by atoms with Crippen molar-refractivity contribution in [3.8, 4) is 0 Å². The summed E-state index contributed by atoms with van der Waals surface area (Å²) in [5.74, 6) is 2.48. The largest absolute Gasteiger partial charge is 0.327 e. The molecule has 0 aromatic heterocycles. The summed E-state index contributed by atoms with van der Waals surface area (Å²) < 4.78 is 0. The summed E-state index contributed by atoms with van der Waals surface area (Å²) in [7, 11) is 0. The average Bonchev–Trinajstić information content (AvgIpc) is 1.96. The van der Waals surface area contributed by atoms with Crippen LogP contribution in [0.15, 0.2) is 0 Å². The third kappa shape index (κ3) is 1.96. The molecule has 66 valence electrons. The molecule has 0 bridgehead atoms. The van der Waals surface area contributed by atoms with Gasteiger partial charge in [0.05, 0.1) is 0 Å². The molecular weight excluding hydrogens is 134 g/mol. The van der Waals surface area contributed by atoms with Gasteiger partial charge in [0.1, 0.15) is 0 Å². The molecule has 0 aromatic rings. The van der Waals surface area contributed by atoms with Gasteiger partial charge in [-0.1, -0.05) is 27.2 Å². The molecule has 0 saturated heterocycles. The van der Waals surface area contributed by atoms with E-state index in [1.165, 1.54) is 19.3 Å². The number of nitrogens with two attached hydrogens (primary N) is 1. The van der Waals surface area contributed by atoms with Gasteiger partial charge in [-0.3, -0.25) is 0 Å². The summed E-state index contributed by atoms with van der Waals surface area (Å²) in [5, 5.41) is 0. The Morgan fingerprint density at radius 3 is 2.45 bits per heavy atom. The lowest BCUT2D eigenvalue weighted by Gasteiger charge is -2.37. The normalized spacial score (nSPS) is 45.8. The predicted octanol–water partition coefficient (Wildman–Crippen LogP) is 2.41. The monoisotopic (exact) mass is 155 g/mol. The summed E-state index contributed by atoms with van der Waals surface area (Å²) in [4.78, 5) is 0. The Bertz CT molecular complexity index is 122. The second-order valence-corrected chi connectivity index (χ2v) is 4.27. The minimum Gasteiger partial charge on any atom is -0.327 e. The fourth-order valence-electron chi connectivity index (χ4n) is 2.40. The minimum absolute atomic E-state index is 0.462. The molecule has 0 aromatic carbocycles. The molecule has 1 rings (SSSR count). The molecule has 0 heterocycles. The Morgan fingerprint density at radius 1 is 1.27 bits per heavy atom. The highest BCUT2D eigenvalue weighted by atomic mass is 14.7. The van der Waals surface area contributed by atoms with Crippen molar-refractivity contribution >= 4 is 0 Å². The van der Waals surface area contributed by atoms with E-state index < -0.39 is 0 Å². The van der Waals surface area contributed by atoms with Crippen LogP contribution in [0.2, 0.25) is 0 Å². The van der Waals surface area contributed by atoms with Gasteiger partial charge < -0.3 is 5.73 Å². The van der Waals surface area contributed by atoms with Crippen molar-refractivity contribution in [3.63, 3.8) is 0 Å². The van der Waals surface area contributed by atoms with Crippen LogP contribution in [-0.4, -0.2) is 6.04 Å². The van der Waals surface area contributed by atoms with Gasteiger partial charge >= 0.3 is 0 Å². The van der Waals surface area contributed by atoms with Crippen LogP contribution < -0.4 is 5.73 Å². The van der Waals surface area contributed by atoms with Gasteiger partial charge in [0.25, 0.3) is 0 Å². The summed E-state index contributed by atoms with van der Waals surface area (Å²) in [6, 6.07) is 0.462. The Hall–Kier alpha value is -0.0400. The van der Waals surface area contributed by atoms with E-state index in [0.29, 0.717) is 6.04 Å². The maximum absolute atomic E-state index is 6.03. The second-order valence-electron chi connectivity index (χ2n) is 4.27. The smallest absolute Gasteiger partial charge is 0.00697 e. The molecule has 1 aliphatic rings. The molecule has 1 fully saturated rings. The zero-order valence-corrected chi connectivity index (χ0v) is 8.01. The Kier molecular flexibility index (Phi) is 2.94. The Morgan fingerprint density at radius 2 is 1.91 bits per heavy atom. The predicted molar refractivity (Wildman–Crippen MR) is 49.3 cm³/mol. The van der Waals surface area contributed by atoms with Crippen molar-refractivity contribution in [1.29, 1.82) is 0 Å². The lowest BCUT2D eigenvalue weighted by Crippen LogP contribution is -2.39. The standard InChI is InChI=1S/C10H21N/c1-4-9-5-7(2)6-10(11)8(9)3/h7-10H,4-6,11H2,1-3H3. The molecule has 4 atom stereocenters. The van der Waals surface area contributed by atoms with E-state index in [-0.39, 0.29) is 0 Å². The van der Waals surface area contributed by atoms with Crippen molar-refractivity contribution in [2.45, 2.75) is 46.1 Å². The molecule has 1 heteroatoms. The zero-order valence-electron chi connectivity index (χ0n) is 8.01. The van der Waals surface area contributed by atoms with E-state index in [0.717, 1.165) is 17.8 Å². The van der Waals surface area contributed by atoms with Gasteiger partial charge in [-0.25, -0.2) is 0 Å². The first-order valence-electron chi connectivity index (χ1n) is 4.90. The molecule has 0 amide bonds. The molecule has 11 heavy (non-hydrogen) atoms. The lowest BCUT2D eigenvalue weighted by molar-refractivity contribution is 0.170. The Labute approximate surface area is 70.4 Å². The molecule has 4 unspecified atom stereocenters. The molecule has 1 nitrogen and oxygen atoms in total. The summed E-state index contributed by atoms with van der Waals surface area (Å²) in [6.07, 6.45) is 3.93. The average molecular weight is 155 g/mol. The highest BCUT2D eigenvalue weighted by Crippen LogP contribution is 2.34. The first-order chi connectivity index (χ1) is 5.15. The molecule has 0 aliphatic heterocycles. The lowest BCUT2D eigenvalue weighted by atomic mass is 9.72. The van der Waals surface area contributed by atoms with Crippen molar-refractivity contribution in [2.75, 3.05) is 0 Å². The minimum atomic E-state index is 0.462. The van der Waals surface area contributed by atoms with E-state index in [9.17, 15) is 0 Å². The third-order valence-electron chi connectivity index (χ3n) is 3.32. The SMILES string of the molecule is CCC1CC(C)CC(N)C1C. The van der Waals surface area contributed by atoms with Gasteiger partial charge in [-0.15, -0.1) is 0 Å². The topological polar surface area (TPSA) is 26.0 Å². The van der Waals surface area contributed by atoms with Crippen LogP contribution in [0.3, 0.4) is 0 Å². The van der Waals surface area contributed by atoms with E-state index in [1.807, 2.05) is 0 Å². The fraction of sp³-hybridized carbons (Fsp3) is 1.00. The fourth-order valence-corrected chi connectivity index (χ4v) is 2.40. The van der Waals surface area contributed by atoms with Crippen molar-refractivity contribution in [3.05, 3.63) is 0 Å². The van der Waals surface area contributed by atoms with Crippen LogP contribution in [-0.2, 0) is 0 Å². The van der Waals surface area contributed by atoms with Crippen LogP contribution in [0.1, 0.15) is 40.0 Å². The van der Waals surface area contributed by atoms with Gasteiger partial charge in [0.15, 0.2) is 0 Å². The first-order valence-corrected chi connectivity index (χ1v) is 4.90. The van der Waals surface area contributed by atoms with Crippen molar-refractivity contribution in [1.82, 2.24) is 0 Å². The van der Waals surface area contributed by atoms with Crippen molar-refractivity contribution in [2.24, 2.45) is 23.5 Å². The van der Waals surface area contributed by atoms with Crippen LogP contribution in [0, 0.1) is 17.8 Å². The van der Waals surface area contributed by atoms with Crippen molar-refractivity contribution < 1.29 is 0 Å². The highest BCUT2D eigenvalue weighted by Gasteiger charge is 2.29. The highest BCUT2D eigenvalue weighted by molar-refractivity contribution is 4.83. The maximum atomic E-state index is 6.03. The summed E-state index contributed by atoms with van der Waals surface area (Å²) >= 11 is 0. The van der Waals surface area contributed by atoms with Gasteiger partial charge in [0.2, 0.25) is 0 Å². The molecule has 0 spiro atoms. The van der Waals surface area contributed by atoms with Gasteiger partial charge in [0, 0.05) is 6.04 Å². The summed E-state index contributed by atoms with van der Waals surface area (Å²) in [5.41, 5.74) is 6.03. The molecular formula is C10H21N. The number of hydrogen-bond donors (Lipinski definition) is 1. The second kappa shape index (κ2) is 3.57. The number of hydrogen-bond acceptors (Lipinski definition) is 1. The summed E-state index contributed by atoms with van der Waals surface area (Å²) in [6.45, 7) is 6.92. The van der Waals surface area contributed by atoms with Crippen LogP contribution >= 0.6 is 0 Å². The Balaban J connectivity index is 2.51. The third-order valence-corrected chi connectivity index (χ3v) is 3.32. The maximum Gasteiger partial charge on any atom is 0.00697 e. The van der Waals surface area contributed by atoms with Gasteiger partial charge in [-0.05, 0) is 30.6 Å². The molecule has 1 saturated carbocycles. The van der Waals surface area contributed by atoms with E-state index in [4.69, 9.17) is 5.73 Å². The quantitative estimate of drug-likeness (QED) is 0.618. The zero-order chi connectivity index (χ0) is 8.43. The van der Waals surface area contributed by atoms with E-state index in [1.54, 1.807) is 0 Å². The van der Waals surface area contributed by atoms with E-state index >= 15 is 0 Å². The molecule has 1 aliphatic carbocycles. The van der Waals surface area contributed by atoms with Crippen LogP contribution in [0.4, 0.5) is 0 Å². The molecule has 0 radical (unpaired) electrons. The van der Waals surface area contributed by atoms with E-state index in [2.05, 4.69) is 20.8 Å². The molecule has 2 N–H and O–H groups in total. The number of rotatable bonds is 1. The van der Waals surface area contributed by atoms with Gasteiger partial charge in [-0.2, -0.15) is 0 Å². The van der Waals surface area contributed by atoms with Crippen LogP contribution in [0.5, 0.6) is 0 Å². The van der Waals surface area contributed by atoms with Crippen LogP contribution in [0.25, 0.3) is 0 Å². The first kappa shape index (κ1) is 9.05.